The summed E-state index contributed by atoms with van der Waals surface area (Å²) in [7, 11) is 0. The molecular formula is C13H23NO3. The van der Waals surface area contributed by atoms with Crippen molar-refractivity contribution in [3.05, 3.63) is 0 Å². The maximum atomic E-state index is 11.9. The summed E-state index contributed by atoms with van der Waals surface area (Å²) in [6.45, 7) is 4.43. The van der Waals surface area contributed by atoms with E-state index in [2.05, 4.69) is 0 Å². The second-order valence-corrected chi connectivity index (χ2v) is 5.14. The summed E-state index contributed by atoms with van der Waals surface area (Å²) >= 11 is 0. The van der Waals surface area contributed by atoms with Gasteiger partial charge < -0.3 is 14.8 Å². The second kappa shape index (κ2) is 6.15. The highest BCUT2D eigenvalue weighted by Crippen LogP contribution is 2.20. The van der Waals surface area contributed by atoms with Crippen LogP contribution < -0.4 is 0 Å². The van der Waals surface area contributed by atoms with Crippen molar-refractivity contribution in [1.82, 2.24) is 4.90 Å². The number of likely N-dealkylation sites (tertiary alicyclic amines) is 1. The Morgan fingerprint density at radius 2 is 2.29 bits per heavy atom. The zero-order chi connectivity index (χ0) is 12.9. The van der Waals surface area contributed by atoms with E-state index in [9.17, 15) is 14.7 Å². The molecule has 0 radical (unpaired) electrons. The Morgan fingerprint density at radius 1 is 1.59 bits per heavy atom. The second-order valence-electron chi connectivity index (χ2n) is 5.14. The molecule has 4 heteroatoms. The van der Waals surface area contributed by atoms with Crippen LogP contribution in [-0.4, -0.2) is 40.4 Å². The average molecular weight is 241 g/mol. The van der Waals surface area contributed by atoms with Crippen LogP contribution >= 0.6 is 0 Å². The van der Waals surface area contributed by atoms with Gasteiger partial charge in [-0.05, 0) is 39.0 Å². The first-order valence-electron chi connectivity index (χ1n) is 6.47. The maximum absolute atomic E-state index is 11.9. The highest BCUT2D eigenvalue weighted by Gasteiger charge is 2.28. The number of carbonyl (C=O) groups is 2. The third-order valence-electron chi connectivity index (χ3n) is 3.64. The van der Waals surface area contributed by atoms with E-state index in [4.69, 9.17) is 0 Å². The van der Waals surface area contributed by atoms with E-state index in [0.717, 1.165) is 19.1 Å². The van der Waals surface area contributed by atoms with Crippen molar-refractivity contribution in [1.29, 1.82) is 0 Å². The van der Waals surface area contributed by atoms with Gasteiger partial charge in [0.15, 0.2) is 0 Å². The molecule has 1 aliphatic heterocycles. The van der Waals surface area contributed by atoms with Crippen LogP contribution in [0.4, 0.5) is 0 Å². The largest absolute Gasteiger partial charge is 0.390 e. The summed E-state index contributed by atoms with van der Waals surface area (Å²) in [6.07, 6.45) is 5.02. The van der Waals surface area contributed by atoms with Gasteiger partial charge in [-0.2, -0.15) is 0 Å². The average Bonchev–Trinajstić information content (AvgIpc) is 2.76. The van der Waals surface area contributed by atoms with E-state index in [-0.39, 0.29) is 11.9 Å². The molecule has 1 unspecified atom stereocenters. The molecule has 17 heavy (non-hydrogen) atoms. The Kier molecular flexibility index (Phi) is 5.12. The van der Waals surface area contributed by atoms with Crippen LogP contribution in [0.1, 0.15) is 52.4 Å². The predicted molar refractivity (Wildman–Crippen MR) is 65.6 cm³/mol. The molecule has 0 aromatic rings. The summed E-state index contributed by atoms with van der Waals surface area (Å²) < 4.78 is 0. The van der Waals surface area contributed by atoms with Crippen molar-refractivity contribution in [3.63, 3.8) is 0 Å². The van der Waals surface area contributed by atoms with E-state index in [1.807, 2.05) is 6.92 Å². The van der Waals surface area contributed by atoms with Crippen molar-refractivity contribution >= 4 is 12.2 Å². The molecule has 4 nitrogen and oxygen atoms in total. The molecule has 1 N–H and O–H groups in total. The Morgan fingerprint density at radius 3 is 2.88 bits per heavy atom. The van der Waals surface area contributed by atoms with Crippen molar-refractivity contribution in [2.45, 2.75) is 64.0 Å². The molecule has 0 saturated carbocycles. The fourth-order valence-electron chi connectivity index (χ4n) is 2.18. The summed E-state index contributed by atoms with van der Waals surface area (Å²) in [6, 6.07) is -0.214. The Balaban J connectivity index is 2.32. The first-order chi connectivity index (χ1) is 8.00. The standard InChI is InChI=1S/C13H23NO3/c1-3-13(2,17)8-4-7-12(16)14-9-5-6-11(14)10-15/h10-11,17H,3-9H2,1-2H3/t11-,13?/m0/s1. The van der Waals surface area contributed by atoms with E-state index >= 15 is 0 Å². The van der Waals surface area contributed by atoms with Crippen molar-refractivity contribution < 1.29 is 14.7 Å². The van der Waals surface area contributed by atoms with Crippen LogP contribution in [-0.2, 0) is 9.59 Å². The number of carbonyl (C=O) groups excluding carboxylic acids is 2. The third-order valence-corrected chi connectivity index (χ3v) is 3.64. The van der Waals surface area contributed by atoms with Gasteiger partial charge in [-0.25, -0.2) is 0 Å². The molecule has 1 saturated heterocycles. The lowest BCUT2D eigenvalue weighted by Crippen LogP contribution is -2.36. The Bertz CT molecular complexity index is 276. The van der Waals surface area contributed by atoms with Crippen molar-refractivity contribution in [3.8, 4) is 0 Å². The molecule has 0 spiro atoms. The molecule has 2 atom stereocenters. The van der Waals surface area contributed by atoms with Crippen LogP contribution in [0.2, 0.25) is 0 Å². The van der Waals surface area contributed by atoms with E-state index in [0.29, 0.717) is 32.2 Å². The molecule has 1 fully saturated rings. The van der Waals surface area contributed by atoms with Gasteiger partial charge in [0.1, 0.15) is 6.29 Å². The van der Waals surface area contributed by atoms with Gasteiger partial charge in [0.2, 0.25) is 5.91 Å². The van der Waals surface area contributed by atoms with Crippen LogP contribution in [0.5, 0.6) is 0 Å². The zero-order valence-electron chi connectivity index (χ0n) is 10.8. The number of aldehydes is 1. The van der Waals surface area contributed by atoms with E-state index in [1.54, 1.807) is 11.8 Å². The third kappa shape index (κ3) is 4.11. The summed E-state index contributed by atoms with van der Waals surface area (Å²) in [5, 5.41) is 9.82. The van der Waals surface area contributed by atoms with Crippen LogP contribution in [0.3, 0.4) is 0 Å². The smallest absolute Gasteiger partial charge is 0.223 e. The van der Waals surface area contributed by atoms with Crippen molar-refractivity contribution in [2.75, 3.05) is 6.54 Å². The van der Waals surface area contributed by atoms with Gasteiger partial charge >= 0.3 is 0 Å². The van der Waals surface area contributed by atoms with E-state index in [1.165, 1.54) is 0 Å². The minimum Gasteiger partial charge on any atom is -0.390 e. The zero-order valence-corrected chi connectivity index (χ0v) is 10.8. The van der Waals surface area contributed by atoms with Gasteiger partial charge in [-0.3, -0.25) is 4.79 Å². The molecule has 1 aliphatic rings. The van der Waals surface area contributed by atoms with Crippen LogP contribution in [0, 0.1) is 0 Å². The number of hydrogen-bond donors (Lipinski definition) is 1. The lowest BCUT2D eigenvalue weighted by Gasteiger charge is -2.23. The number of rotatable bonds is 6. The summed E-state index contributed by atoms with van der Waals surface area (Å²) in [5.41, 5.74) is -0.671. The molecule has 0 aromatic carbocycles. The van der Waals surface area contributed by atoms with Crippen molar-refractivity contribution in [2.24, 2.45) is 0 Å². The first-order valence-corrected chi connectivity index (χ1v) is 6.47. The Hall–Kier alpha value is -0.900. The van der Waals surface area contributed by atoms with Gasteiger partial charge in [-0.1, -0.05) is 6.92 Å². The van der Waals surface area contributed by atoms with Gasteiger partial charge in [0, 0.05) is 13.0 Å². The molecule has 0 bridgehead atoms. The maximum Gasteiger partial charge on any atom is 0.223 e. The molecule has 0 aliphatic carbocycles. The molecule has 1 heterocycles. The minimum absolute atomic E-state index is 0.0477. The first kappa shape index (κ1) is 14.2. The van der Waals surface area contributed by atoms with Gasteiger partial charge in [0.25, 0.3) is 0 Å². The number of hydrogen-bond acceptors (Lipinski definition) is 3. The predicted octanol–water partition coefficient (Wildman–Crippen LogP) is 1.51. The highest BCUT2D eigenvalue weighted by molar-refractivity contribution is 5.80. The summed E-state index contributed by atoms with van der Waals surface area (Å²) in [4.78, 5) is 24.3. The van der Waals surface area contributed by atoms with E-state index < -0.39 is 5.60 Å². The van der Waals surface area contributed by atoms with Gasteiger partial charge in [-0.15, -0.1) is 0 Å². The molecule has 1 amide bonds. The van der Waals surface area contributed by atoms with Crippen LogP contribution in [0.15, 0.2) is 0 Å². The quantitative estimate of drug-likeness (QED) is 0.717. The highest BCUT2D eigenvalue weighted by atomic mass is 16.3. The fourth-order valence-corrected chi connectivity index (χ4v) is 2.18. The normalized spacial score (nSPS) is 23.5. The van der Waals surface area contributed by atoms with Gasteiger partial charge in [0.05, 0.1) is 11.6 Å². The molecule has 98 valence electrons. The number of aliphatic hydroxyl groups is 1. The SMILES string of the molecule is CCC(C)(O)CCCC(=O)N1CCC[C@H]1C=O. The number of nitrogens with zero attached hydrogens (tertiary/aromatic N) is 1. The molecular weight excluding hydrogens is 218 g/mol. The monoisotopic (exact) mass is 241 g/mol. The minimum atomic E-state index is -0.671. The molecule has 1 rings (SSSR count). The fraction of sp³-hybridized carbons (Fsp3) is 0.846. The lowest BCUT2D eigenvalue weighted by atomic mass is 9.96. The van der Waals surface area contributed by atoms with Crippen LogP contribution in [0.25, 0.3) is 0 Å². The topological polar surface area (TPSA) is 57.6 Å². The molecule has 0 aromatic heterocycles. The number of amides is 1. The Labute approximate surface area is 103 Å². The lowest BCUT2D eigenvalue weighted by molar-refractivity contribution is -0.134. The summed E-state index contributed by atoms with van der Waals surface area (Å²) in [5.74, 6) is 0.0477.